The minimum absolute atomic E-state index is 0.138. The van der Waals surface area contributed by atoms with Gasteiger partial charge in [-0.25, -0.2) is 14.2 Å². The van der Waals surface area contributed by atoms with Gasteiger partial charge in [-0.1, -0.05) is 30.3 Å². The summed E-state index contributed by atoms with van der Waals surface area (Å²) in [5.41, 5.74) is 3.37. The molecule has 0 aromatic heterocycles. The topological polar surface area (TPSA) is 77.0 Å². The number of carbonyl (C=O) groups is 2. The van der Waals surface area contributed by atoms with E-state index in [4.69, 9.17) is 9.47 Å². The first-order valence-electron chi connectivity index (χ1n) is 10.4. The second kappa shape index (κ2) is 9.93. The first-order chi connectivity index (χ1) is 16.3. The maximum Gasteiger partial charge on any atom is 0.346 e. The van der Waals surface area contributed by atoms with E-state index in [2.05, 4.69) is 10.3 Å². The maximum atomic E-state index is 13.9. The van der Waals surface area contributed by atoms with E-state index in [0.29, 0.717) is 15.6 Å². The summed E-state index contributed by atoms with van der Waals surface area (Å²) in [4.78, 5) is 29.8. The molecular weight excluding hydrogens is 455 g/mol. The molecule has 1 heterocycles. The molecule has 0 bridgehead atoms. The van der Waals surface area contributed by atoms with Crippen molar-refractivity contribution in [3.05, 3.63) is 93.6 Å². The lowest BCUT2D eigenvalue weighted by Crippen LogP contribution is -2.19. The standard InChI is InChI=1S/C26H21FN2O4S/c1-15-8-9-16(2)20(12-15)28-26-29-24(30)23(34-26)14-17-10-11-21(22(13-17)32-3)33-25(31)18-6-4-5-7-19(18)27/h4-14H,1-3H3,(H,28,29,30)/b23-14+. The van der Waals surface area contributed by atoms with Crippen molar-refractivity contribution in [3.8, 4) is 11.5 Å². The predicted octanol–water partition coefficient (Wildman–Crippen LogP) is 5.56. The minimum atomic E-state index is -0.833. The molecule has 0 atom stereocenters. The lowest BCUT2D eigenvalue weighted by Gasteiger charge is -2.10. The third-order valence-corrected chi connectivity index (χ3v) is 5.93. The summed E-state index contributed by atoms with van der Waals surface area (Å²) < 4.78 is 24.5. The van der Waals surface area contributed by atoms with Crippen LogP contribution in [0.5, 0.6) is 11.5 Å². The molecular formula is C26H21FN2O4S. The fourth-order valence-electron chi connectivity index (χ4n) is 3.22. The van der Waals surface area contributed by atoms with Gasteiger partial charge < -0.3 is 14.8 Å². The summed E-state index contributed by atoms with van der Waals surface area (Å²) in [5.74, 6) is -1.36. The van der Waals surface area contributed by atoms with Gasteiger partial charge in [0.25, 0.3) is 5.91 Å². The molecule has 172 valence electrons. The Kier molecular flexibility index (Phi) is 6.79. The molecule has 1 saturated heterocycles. The molecule has 0 aliphatic carbocycles. The molecule has 1 fully saturated rings. The van der Waals surface area contributed by atoms with Crippen LogP contribution in [0.2, 0.25) is 0 Å². The number of aryl methyl sites for hydroxylation is 2. The van der Waals surface area contributed by atoms with Crippen LogP contribution in [-0.4, -0.2) is 24.2 Å². The molecule has 34 heavy (non-hydrogen) atoms. The molecule has 0 spiro atoms. The zero-order chi connectivity index (χ0) is 24.2. The monoisotopic (exact) mass is 476 g/mol. The largest absolute Gasteiger partial charge is 0.493 e. The molecule has 0 saturated carbocycles. The van der Waals surface area contributed by atoms with E-state index in [-0.39, 0.29) is 23.0 Å². The average Bonchev–Trinajstić information content (AvgIpc) is 3.15. The van der Waals surface area contributed by atoms with Crippen LogP contribution in [-0.2, 0) is 4.79 Å². The highest BCUT2D eigenvalue weighted by atomic mass is 32.2. The molecule has 1 aliphatic heterocycles. The van der Waals surface area contributed by atoms with E-state index < -0.39 is 11.8 Å². The van der Waals surface area contributed by atoms with Gasteiger partial charge >= 0.3 is 5.97 Å². The number of amides is 1. The Hall–Kier alpha value is -3.91. The van der Waals surface area contributed by atoms with E-state index in [1.165, 1.54) is 43.1 Å². The molecule has 0 radical (unpaired) electrons. The number of halogens is 1. The van der Waals surface area contributed by atoms with Crippen LogP contribution in [0.1, 0.15) is 27.0 Å². The number of rotatable bonds is 5. The van der Waals surface area contributed by atoms with Gasteiger partial charge in [0.15, 0.2) is 16.7 Å². The van der Waals surface area contributed by atoms with E-state index in [1.54, 1.807) is 24.3 Å². The fourth-order valence-corrected chi connectivity index (χ4v) is 4.06. The molecule has 3 aromatic rings. The number of nitrogens with zero attached hydrogens (tertiary/aromatic N) is 1. The number of hydrogen-bond acceptors (Lipinski definition) is 6. The van der Waals surface area contributed by atoms with Crippen LogP contribution in [0, 0.1) is 19.7 Å². The Morgan fingerprint density at radius 3 is 2.62 bits per heavy atom. The number of benzene rings is 3. The van der Waals surface area contributed by atoms with Crippen LogP contribution < -0.4 is 14.8 Å². The second-order valence-electron chi connectivity index (χ2n) is 7.55. The molecule has 0 unspecified atom stereocenters. The zero-order valence-corrected chi connectivity index (χ0v) is 19.5. The zero-order valence-electron chi connectivity index (χ0n) is 18.7. The van der Waals surface area contributed by atoms with Crippen molar-refractivity contribution in [2.24, 2.45) is 4.99 Å². The van der Waals surface area contributed by atoms with Crippen LogP contribution in [0.3, 0.4) is 0 Å². The van der Waals surface area contributed by atoms with Crippen molar-refractivity contribution in [2.45, 2.75) is 13.8 Å². The number of nitrogens with one attached hydrogen (secondary N) is 1. The summed E-state index contributed by atoms with van der Waals surface area (Å²) >= 11 is 1.23. The van der Waals surface area contributed by atoms with Crippen LogP contribution in [0.15, 0.2) is 70.6 Å². The highest BCUT2D eigenvalue weighted by Gasteiger charge is 2.24. The van der Waals surface area contributed by atoms with E-state index in [0.717, 1.165) is 16.8 Å². The van der Waals surface area contributed by atoms with Gasteiger partial charge in [0, 0.05) is 0 Å². The Balaban J connectivity index is 1.54. The lowest BCUT2D eigenvalue weighted by atomic mass is 10.1. The summed E-state index contributed by atoms with van der Waals surface area (Å²) in [6.45, 7) is 3.95. The Morgan fingerprint density at radius 2 is 1.85 bits per heavy atom. The van der Waals surface area contributed by atoms with Crippen molar-refractivity contribution < 1.29 is 23.5 Å². The number of ether oxygens (including phenoxy) is 2. The van der Waals surface area contributed by atoms with Crippen molar-refractivity contribution in [2.75, 3.05) is 7.11 Å². The number of carbonyl (C=O) groups excluding carboxylic acids is 2. The number of amidine groups is 1. The van der Waals surface area contributed by atoms with E-state index in [9.17, 15) is 14.0 Å². The smallest absolute Gasteiger partial charge is 0.346 e. The van der Waals surface area contributed by atoms with Crippen LogP contribution in [0.4, 0.5) is 10.1 Å². The first-order valence-corrected chi connectivity index (χ1v) is 11.2. The number of aliphatic imine (C=N–C) groups is 1. The summed E-state index contributed by atoms with van der Waals surface area (Å²) in [5, 5.41) is 3.27. The average molecular weight is 477 g/mol. The Morgan fingerprint density at radius 1 is 1.06 bits per heavy atom. The van der Waals surface area contributed by atoms with Gasteiger partial charge in [0.1, 0.15) is 5.82 Å². The van der Waals surface area contributed by atoms with Gasteiger partial charge in [-0.05, 0) is 78.7 Å². The van der Waals surface area contributed by atoms with Gasteiger partial charge in [-0.3, -0.25) is 4.79 Å². The third kappa shape index (κ3) is 5.18. The minimum Gasteiger partial charge on any atom is -0.493 e. The Bertz CT molecular complexity index is 1350. The predicted molar refractivity (Wildman–Crippen MR) is 131 cm³/mol. The molecule has 8 heteroatoms. The summed E-state index contributed by atoms with van der Waals surface area (Å²) in [6.07, 6.45) is 1.69. The molecule has 3 aromatic carbocycles. The van der Waals surface area contributed by atoms with Crippen molar-refractivity contribution in [1.29, 1.82) is 0 Å². The Labute approximate surface area is 200 Å². The van der Waals surface area contributed by atoms with Gasteiger partial charge in [0.05, 0.1) is 23.3 Å². The molecule has 1 amide bonds. The van der Waals surface area contributed by atoms with Crippen molar-refractivity contribution in [3.63, 3.8) is 0 Å². The molecule has 6 nitrogen and oxygen atoms in total. The number of esters is 1. The van der Waals surface area contributed by atoms with Gasteiger partial charge in [0.2, 0.25) is 0 Å². The van der Waals surface area contributed by atoms with Gasteiger partial charge in [-0.15, -0.1) is 0 Å². The highest BCUT2D eigenvalue weighted by molar-refractivity contribution is 8.18. The number of hydrogen-bond donors (Lipinski definition) is 1. The molecule has 1 N–H and O–H groups in total. The number of thioether (sulfide) groups is 1. The van der Waals surface area contributed by atoms with E-state index in [1.807, 2.05) is 32.0 Å². The highest BCUT2D eigenvalue weighted by Crippen LogP contribution is 2.33. The third-order valence-electron chi connectivity index (χ3n) is 5.02. The van der Waals surface area contributed by atoms with Gasteiger partial charge in [-0.2, -0.15) is 0 Å². The lowest BCUT2D eigenvalue weighted by molar-refractivity contribution is -0.115. The second-order valence-corrected chi connectivity index (χ2v) is 8.58. The molecule has 1 aliphatic rings. The summed E-state index contributed by atoms with van der Waals surface area (Å²) in [7, 11) is 1.43. The van der Waals surface area contributed by atoms with Crippen LogP contribution in [0.25, 0.3) is 6.08 Å². The fraction of sp³-hybridized carbons (Fsp3) is 0.115. The van der Waals surface area contributed by atoms with Crippen LogP contribution >= 0.6 is 11.8 Å². The van der Waals surface area contributed by atoms with Crippen molar-refractivity contribution >= 4 is 40.6 Å². The maximum absolute atomic E-state index is 13.9. The van der Waals surface area contributed by atoms with E-state index >= 15 is 0 Å². The first kappa shape index (κ1) is 23.3. The molecule has 4 rings (SSSR count). The quantitative estimate of drug-likeness (QED) is 0.296. The SMILES string of the molecule is COc1cc(/C=C2/SC(=Nc3cc(C)ccc3C)NC2=O)ccc1OC(=O)c1ccccc1F. The normalized spacial score (nSPS) is 15.5. The summed E-state index contributed by atoms with van der Waals surface area (Å²) in [6, 6.07) is 16.4. The number of methoxy groups -OCH3 is 1. The van der Waals surface area contributed by atoms with Crippen molar-refractivity contribution in [1.82, 2.24) is 5.32 Å².